The van der Waals surface area contributed by atoms with Gasteiger partial charge in [0, 0.05) is 6.54 Å². The fraction of sp³-hybridized carbons (Fsp3) is 0.240. The third-order valence-corrected chi connectivity index (χ3v) is 6.48. The third-order valence-electron chi connectivity index (χ3n) is 4.98. The number of unbranched alkanes of at least 4 members (excludes halogenated alkanes) is 1. The van der Waals surface area contributed by atoms with Crippen LogP contribution >= 0.6 is 0 Å². The SMILES string of the molecule is O=C(NCCCCOc1ccc(F)cc1)[C@H](Cc1ccccc1)NS(=O)(=O)c1ccccc1F. The molecular formula is C25H26F2N2O4S. The zero-order valence-electron chi connectivity index (χ0n) is 18.4. The number of benzene rings is 3. The predicted molar refractivity (Wildman–Crippen MR) is 125 cm³/mol. The van der Waals surface area contributed by atoms with Crippen LogP contribution in [0.4, 0.5) is 8.78 Å². The Labute approximate surface area is 198 Å². The van der Waals surface area contributed by atoms with Crippen LogP contribution in [0.3, 0.4) is 0 Å². The van der Waals surface area contributed by atoms with E-state index in [-0.39, 0.29) is 12.2 Å². The van der Waals surface area contributed by atoms with Crippen molar-refractivity contribution in [2.75, 3.05) is 13.2 Å². The molecule has 34 heavy (non-hydrogen) atoms. The maximum absolute atomic E-state index is 14.1. The van der Waals surface area contributed by atoms with Gasteiger partial charge in [0.25, 0.3) is 0 Å². The number of carbonyl (C=O) groups excluding carboxylic acids is 1. The van der Waals surface area contributed by atoms with Crippen molar-refractivity contribution in [3.05, 3.63) is 96.1 Å². The van der Waals surface area contributed by atoms with Gasteiger partial charge in [0.2, 0.25) is 15.9 Å². The number of sulfonamides is 1. The maximum Gasteiger partial charge on any atom is 0.244 e. The van der Waals surface area contributed by atoms with Crippen LogP contribution in [-0.2, 0) is 21.2 Å². The fourth-order valence-electron chi connectivity index (χ4n) is 3.23. The summed E-state index contributed by atoms with van der Waals surface area (Å²) in [6, 6.07) is 18.5. The van der Waals surface area contributed by atoms with Crippen molar-refractivity contribution in [1.82, 2.24) is 10.0 Å². The topological polar surface area (TPSA) is 84.5 Å². The summed E-state index contributed by atoms with van der Waals surface area (Å²) in [6.07, 6.45) is 1.32. The van der Waals surface area contributed by atoms with Gasteiger partial charge in [-0.05, 0) is 61.2 Å². The Kier molecular flexibility index (Phi) is 9.12. The molecule has 0 heterocycles. The zero-order chi connectivity index (χ0) is 24.4. The summed E-state index contributed by atoms with van der Waals surface area (Å²) in [5.74, 6) is -1.19. The Balaban J connectivity index is 1.56. The number of halogens is 2. The van der Waals surface area contributed by atoms with Crippen molar-refractivity contribution in [1.29, 1.82) is 0 Å². The van der Waals surface area contributed by atoms with E-state index < -0.39 is 32.7 Å². The summed E-state index contributed by atoms with van der Waals surface area (Å²) in [4.78, 5) is 12.3. The molecule has 9 heteroatoms. The number of rotatable bonds is 12. The van der Waals surface area contributed by atoms with Crippen LogP contribution in [0.1, 0.15) is 18.4 Å². The van der Waals surface area contributed by atoms with Gasteiger partial charge in [-0.15, -0.1) is 0 Å². The van der Waals surface area contributed by atoms with Crippen molar-refractivity contribution in [2.24, 2.45) is 0 Å². The quantitative estimate of drug-likeness (QED) is 0.380. The number of hydrogen-bond donors (Lipinski definition) is 2. The van der Waals surface area contributed by atoms with E-state index in [0.717, 1.165) is 17.7 Å². The highest BCUT2D eigenvalue weighted by Crippen LogP contribution is 2.15. The van der Waals surface area contributed by atoms with Gasteiger partial charge in [0.05, 0.1) is 6.61 Å². The second-order valence-corrected chi connectivity index (χ2v) is 9.28. The summed E-state index contributed by atoms with van der Waals surface area (Å²) in [7, 11) is -4.26. The number of carbonyl (C=O) groups is 1. The van der Waals surface area contributed by atoms with E-state index in [9.17, 15) is 22.0 Å². The fourth-order valence-corrected chi connectivity index (χ4v) is 4.51. The Morgan fingerprint density at radius 1 is 0.882 bits per heavy atom. The molecule has 0 spiro atoms. The molecule has 0 unspecified atom stereocenters. The molecule has 3 aromatic carbocycles. The molecular weight excluding hydrogens is 462 g/mol. The first-order chi connectivity index (χ1) is 16.3. The van der Waals surface area contributed by atoms with Gasteiger partial charge in [-0.2, -0.15) is 4.72 Å². The summed E-state index contributed by atoms with van der Waals surface area (Å²) in [5, 5.41) is 2.73. The molecule has 3 rings (SSSR count). The molecule has 0 saturated carbocycles. The van der Waals surface area contributed by atoms with E-state index in [1.54, 1.807) is 24.3 Å². The van der Waals surface area contributed by atoms with Crippen LogP contribution in [0.25, 0.3) is 0 Å². The average molecular weight is 489 g/mol. The zero-order valence-corrected chi connectivity index (χ0v) is 19.2. The van der Waals surface area contributed by atoms with Crippen LogP contribution in [0, 0.1) is 11.6 Å². The third kappa shape index (κ3) is 7.64. The summed E-state index contributed by atoms with van der Waals surface area (Å²) >= 11 is 0. The van der Waals surface area contributed by atoms with Crippen molar-refractivity contribution >= 4 is 15.9 Å². The van der Waals surface area contributed by atoms with E-state index >= 15 is 0 Å². The van der Waals surface area contributed by atoms with Gasteiger partial charge in [-0.3, -0.25) is 4.79 Å². The van der Waals surface area contributed by atoms with Gasteiger partial charge in [-0.25, -0.2) is 17.2 Å². The van der Waals surface area contributed by atoms with Crippen molar-refractivity contribution in [2.45, 2.75) is 30.2 Å². The Hall–Kier alpha value is -3.30. The second kappa shape index (κ2) is 12.2. The molecule has 1 amide bonds. The molecule has 0 saturated heterocycles. The summed E-state index contributed by atoms with van der Waals surface area (Å²) in [5.41, 5.74) is 0.756. The highest BCUT2D eigenvalue weighted by Gasteiger charge is 2.27. The van der Waals surface area contributed by atoms with E-state index in [4.69, 9.17) is 4.74 Å². The van der Waals surface area contributed by atoms with Crippen LogP contribution in [0.5, 0.6) is 5.75 Å². The lowest BCUT2D eigenvalue weighted by Gasteiger charge is -2.19. The van der Waals surface area contributed by atoms with Gasteiger partial charge in [-0.1, -0.05) is 42.5 Å². The van der Waals surface area contributed by atoms with Crippen LogP contribution in [0.15, 0.2) is 83.8 Å². The largest absolute Gasteiger partial charge is 0.494 e. The lowest BCUT2D eigenvalue weighted by molar-refractivity contribution is -0.122. The molecule has 0 aliphatic carbocycles. The number of amides is 1. The average Bonchev–Trinajstić information content (AvgIpc) is 2.82. The second-order valence-electron chi connectivity index (χ2n) is 7.59. The van der Waals surface area contributed by atoms with E-state index in [0.29, 0.717) is 31.7 Å². The molecule has 0 aliphatic rings. The first-order valence-electron chi connectivity index (χ1n) is 10.8. The molecule has 0 radical (unpaired) electrons. The first kappa shape index (κ1) is 25.3. The van der Waals surface area contributed by atoms with Crippen LogP contribution in [-0.4, -0.2) is 33.5 Å². The van der Waals surface area contributed by atoms with Crippen molar-refractivity contribution < 1.29 is 26.7 Å². The normalized spacial score (nSPS) is 12.2. The standard InChI is InChI=1S/C25H26F2N2O4S/c26-20-12-14-21(15-13-20)33-17-7-6-16-28-25(30)23(18-19-8-2-1-3-9-19)29-34(31,32)24-11-5-4-10-22(24)27/h1-5,8-15,23,29H,6-7,16-18H2,(H,28,30)/t23-/m0/s1. The summed E-state index contributed by atoms with van der Waals surface area (Å²) < 4.78 is 60.4. The Morgan fingerprint density at radius 3 is 2.26 bits per heavy atom. The minimum atomic E-state index is -4.26. The maximum atomic E-state index is 14.1. The Bertz CT molecular complexity index is 1170. The van der Waals surface area contributed by atoms with Crippen LogP contribution < -0.4 is 14.8 Å². The van der Waals surface area contributed by atoms with Gasteiger partial charge >= 0.3 is 0 Å². The molecule has 1 atom stereocenters. The molecule has 0 bridgehead atoms. The van der Waals surface area contributed by atoms with E-state index in [1.807, 2.05) is 6.07 Å². The minimum Gasteiger partial charge on any atom is -0.494 e. The molecule has 6 nitrogen and oxygen atoms in total. The highest BCUT2D eigenvalue weighted by atomic mass is 32.2. The van der Waals surface area contributed by atoms with Gasteiger partial charge in [0.15, 0.2) is 0 Å². The molecule has 0 aliphatic heterocycles. The first-order valence-corrected chi connectivity index (χ1v) is 12.3. The molecule has 2 N–H and O–H groups in total. The smallest absolute Gasteiger partial charge is 0.244 e. The lowest BCUT2D eigenvalue weighted by atomic mass is 10.1. The van der Waals surface area contributed by atoms with Gasteiger partial charge < -0.3 is 10.1 Å². The van der Waals surface area contributed by atoms with Crippen molar-refractivity contribution in [3.63, 3.8) is 0 Å². The number of hydrogen-bond acceptors (Lipinski definition) is 4. The number of ether oxygens (including phenoxy) is 1. The van der Waals surface area contributed by atoms with E-state index in [1.165, 1.54) is 36.4 Å². The number of nitrogens with one attached hydrogen (secondary N) is 2. The van der Waals surface area contributed by atoms with Gasteiger partial charge in [0.1, 0.15) is 28.3 Å². The lowest BCUT2D eigenvalue weighted by Crippen LogP contribution is -2.48. The minimum absolute atomic E-state index is 0.105. The molecule has 3 aromatic rings. The van der Waals surface area contributed by atoms with Crippen LogP contribution in [0.2, 0.25) is 0 Å². The molecule has 180 valence electrons. The van der Waals surface area contributed by atoms with E-state index in [2.05, 4.69) is 10.0 Å². The molecule has 0 aromatic heterocycles. The monoisotopic (exact) mass is 488 g/mol. The molecule has 0 fully saturated rings. The van der Waals surface area contributed by atoms with Crippen molar-refractivity contribution in [3.8, 4) is 5.75 Å². The summed E-state index contributed by atoms with van der Waals surface area (Å²) in [6.45, 7) is 0.688. The predicted octanol–water partition coefficient (Wildman–Crippen LogP) is 3.83. The Morgan fingerprint density at radius 2 is 1.56 bits per heavy atom. The highest BCUT2D eigenvalue weighted by molar-refractivity contribution is 7.89.